The van der Waals surface area contributed by atoms with Crippen LogP contribution in [-0.2, 0) is 6.54 Å². The number of carbonyl (C=O) groups is 1. The summed E-state index contributed by atoms with van der Waals surface area (Å²) < 4.78 is 47.9. The van der Waals surface area contributed by atoms with Gasteiger partial charge in [0.15, 0.2) is 11.5 Å². The topological polar surface area (TPSA) is 38.8 Å². The summed E-state index contributed by atoms with van der Waals surface area (Å²) in [6.45, 7) is -2.98. The second-order valence-corrected chi connectivity index (χ2v) is 5.01. The maximum Gasteiger partial charge on any atom is 0.387 e. The van der Waals surface area contributed by atoms with Gasteiger partial charge in [-0.2, -0.15) is 8.78 Å². The van der Waals surface area contributed by atoms with E-state index in [0.717, 1.165) is 0 Å². The van der Waals surface area contributed by atoms with Gasteiger partial charge in [0.1, 0.15) is 5.82 Å². The summed E-state index contributed by atoms with van der Waals surface area (Å²) in [6, 6.07) is 10.1. The van der Waals surface area contributed by atoms with Gasteiger partial charge in [0, 0.05) is 13.6 Å². The van der Waals surface area contributed by atoms with Crippen LogP contribution in [-0.4, -0.2) is 31.6 Å². The van der Waals surface area contributed by atoms with Gasteiger partial charge in [-0.3, -0.25) is 4.79 Å². The average molecular weight is 339 g/mol. The van der Waals surface area contributed by atoms with Crippen molar-refractivity contribution >= 4 is 5.91 Å². The predicted octanol–water partition coefficient (Wildman–Crippen LogP) is 3.71. The number of para-hydroxylation sites is 1. The van der Waals surface area contributed by atoms with Crippen molar-refractivity contribution < 1.29 is 27.4 Å². The number of carbonyl (C=O) groups excluding carboxylic acids is 1. The van der Waals surface area contributed by atoms with E-state index in [0.29, 0.717) is 5.56 Å². The van der Waals surface area contributed by atoms with E-state index >= 15 is 0 Å². The third-order valence-corrected chi connectivity index (χ3v) is 3.29. The number of halogens is 3. The maximum atomic E-state index is 13.2. The van der Waals surface area contributed by atoms with Crippen LogP contribution < -0.4 is 9.47 Å². The van der Waals surface area contributed by atoms with Crippen LogP contribution in [0.3, 0.4) is 0 Å². The average Bonchev–Trinajstić information content (AvgIpc) is 2.54. The lowest BCUT2D eigenvalue weighted by molar-refractivity contribution is -0.0516. The monoisotopic (exact) mass is 339 g/mol. The highest BCUT2D eigenvalue weighted by Crippen LogP contribution is 2.33. The number of benzene rings is 2. The Kier molecular flexibility index (Phi) is 5.68. The fraction of sp³-hybridized carbons (Fsp3) is 0.235. The van der Waals surface area contributed by atoms with Gasteiger partial charge >= 0.3 is 6.61 Å². The second-order valence-electron chi connectivity index (χ2n) is 5.01. The van der Waals surface area contributed by atoms with Crippen molar-refractivity contribution in [3.63, 3.8) is 0 Å². The van der Waals surface area contributed by atoms with Crippen LogP contribution >= 0.6 is 0 Å². The van der Waals surface area contributed by atoms with Crippen molar-refractivity contribution in [2.45, 2.75) is 13.2 Å². The molecule has 0 bridgehead atoms. The molecule has 0 fully saturated rings. The number of nitrogens with zero attached hydrogens (tertiary/aromatic N) is 1. The summed E-state index contributed by atoms with van der Waals surface area (Å²) >= 11 is 0. The molecule has 0 aliphatic heterocycles. The minimum Gasteiger partial charge on any atom is -0.493 e. The number of ether oxygens (including phenoxy) is 2. The van der Waals surface area contributed by atoms with E-state index in [1.54, 1.807) is 6.07 Å². The third-order valence-electron chi connectivity index (χ3n) is 3.29. The second kappa shape index (κ2) is 7.72. The molecule has 2 aromatic rings. The maximum absolute atomic E-state index is 13.2. The summed E-state index contributed by atoms with van der Waals surface area (Å²) in [5.41, 5.74) is 0.513. The molecule has 0 aromatic heterocycles. The van der Waals surface area contributed by atoms with Gasteiger partial charge in [-0.05, 0) is 29.8 Å². The molecule has 24 heavy (non-hydrogen) atoms. The van der Waals surface area contributed by atoms with Gasteiger partial charge < -0.3 is 14.4 Å². The summed E-state index contributed by atoms with van der Waals surface area (Å²) in [6.07, 6.45) is 0. The Labute approximate surface area is 137 Å². The van der Waals surface area contributed by atoms with E-state index in [4.69, 9.17) is 4.74 Å². The molecule has 0 atom stereocenters. The zero-order chi connectivity index (χ0) is 17.7. The Morgan fingerprint density at radius 2 is 1.92 bits per heavy atom. The Morgan fingerprint density at radius 3 is 2.54 bits per heavy atom. The zero-order valence-corrected chi connectivity index (χ0v) is 13.1. The zero-order valence-electron chi connectivity index (χ0n) is 13.1. The number of rotatable bonds is 6. The fourth-order valence-electron chi connectivity index (χ4n) is 2.24. The first kappa shape index (κ1) is 17.7. The molecule has 0 radical (unpaired) electrons. The minimum absolute atomic E-state index is 0.0281. The SMILES string of the molecule is COc1cccc(C(=O)N(C)Cc2cccc(F)c2)c1OC(F)F. The van der Waals surface area contributed by atoms with Crippen molar-refractivity contribution in [3.8, 4) is 11.5 Å². The number of amides is 1. The van der Waals surface area contributed by atoms with Crippen LogP contribution in [0.25, 0.3) is 0 Å². The molecule has 0 spiro atoms. The molecule has 0 heterocycles. The highest BCUT2D eigenvalue weighted by Gasteiger charge is 2.22. The first-order valence-corrected chi connectivity index (χ1v) is 7.04. The molecular weight excluding hydrogens is 323 g/mol. The normalized spacial score (nSPS) is 10.6. The largest absolute Gasteiger partial charge is 0.493 e. The minimum atomic E-state index is -3.10. The molecule has 0 unspecified atom stereocenters. The van der Waals surface area contributed by atoms with Gasteiger partial charge in [-0.1, -0.05) is 18.2 Å². The molecule has 2 rings (SSSR count). The molecule has 0 saturated heterocycles. The Bertz CT molecular complexity index is 722. The van der Waals surface area contributed by atoms with Gasteiger partial charge in [0.2, 0.25) is 0 Å². The van der Waals surface area contributed by atoms with Crippen molar-refractivity contribution in [1.82, 2.24) is 4.90 Å². The highest BCUT2D eigenvalue weighted by atomic mass is 19.3. The number of hydrogen-bond acceptors (Lipinski definition) is 3. The van der Waals surface area contributed by atoms with Gasteiger partial charge in [0.25, 0.3) is 5.91 Å². The molecule has 1 amide bonds. The first-order chi connectivity index (χ1) is 11.4. The van der Waals surface area contributed by atoms with Gasteiger partial charge in [-0.25, -0.2) is 4.39 Å². The summed E-state index contributed by atoms with van der Waals surface area (Å²) in [4.78, 5) is 13.8. The third kappa shape index (κ3) is 4.18. The van der Waals surface area contributed by atoms with Crippen molar-refractivity contribution in [2.24, 2.45) is 0 Å². The first-order valence-electron chi connectivity index (χ1n) is 7.04. The lowest BCUT2D eigenvalue weighted by atomic mass is 10.1. The van der Waals surface area contributed by atoms with Crippen molar-refractivity contribution in [1.29, 1.82) is 0 Å². The Morgan fingerprint density at radius 1 is 1.21 bits per heavy atom. The van der Waals surface area contributed by atoms with Crippen LogP contribution in [0.5, 0.6) is 11.5 Å². The number of alkyl halides is 2. The molecule has 2 aromatic carbocycles. The van der Waals surface area contributed by atoms with Gasteiger partial charge in [-0.15, -0.1) is 0 Å². The molecule has 7 heteroatoms. The quantitative estimate of drug-likeness (QED) is 0.805. The smallest absolute Gasteiger partial charge is 0.387 e. The molecule has 0 N–H and O–H groups in total. The van der Waals surface area contributed by atoms with Crippen LogP contribution in [0.4, 0.5) is 13.2 Å². The molecule has 128 valence electrons. The van der Waals surface area contributed by atoms with Crippen LogP contribution in [0.15, 0.2) is 42.5 Å². The predicted molar refractivity (Wildman–Crippen MR) is 81.8 cm³/mol. The summed E-state index contributed by atoms with van der Waals surface area (Å²) in [5, 5.41) is 0. The fourth-order valence-corrected chi connectivity index (χ4v) is 2.24. The molecule has 0 aliphatic carbocycles. The molecule has 4 nitrogen and oxygen atoms in total. The molecule has 0 saturated carbocycles. The number of hydrogen-bond donors (Lipinski definition) is 0. The highest BCUT2D eigenvalue weighted by molar-refractivity contribution is 5.97. The molecular formula is C17H16F3NO3. The van der Waals surface area contributed by atoms with E-state index in [9.17, 15) is 18.0 Å². The number of methoxy groups -OCH3 is 1. The van der Waals surface area contributed by atoms with E-state index in [1.807, 2.05) is 0 Å². The summed E-state index contributed by atoms with van der Waals surface area (Å²) in [7, 11) is 2.78. The van der Waals surface area contributed by atoms with E-state index < -0.39 is 18.3 Å². The van der Waals surface area contributed by atoms with Crippen LogP contribution in [0.1, 0.15) is 15.9 Å². The van der Waals surface area contributed by atoms with E-state index in [1.165, 1.54) is 55.5 Å². The van der Waals surface area contributed by atoms with E-state index in [2.05, 4.69) is 4.74 Å². The lowest BCUT2D eigenvalue weighted by Crippen LogP contribution is -2.27. The lowest BCUT2D eigenvalue weighted by Gasteiger charge is -2.20. The standard InChI is InChI=1S/C17H16F3NO3/c1-21(10-11-5-3-6-12(18)9-11)16(22)13-7-4-8-14(23-2)15(13)24-17(19)20/h3-9,17H,10H2,1-2H3. The van der Waals surface area contributed by atoms with Crippen molar-refractivity contribution in [2.75, 3.05) is 14.2 Å². The van der Waals surface area contributed by atoms with Crippen molar-refractivity contribution in [3.05, 3.63) is 59.4 Å². The Hall–Kier alpha value is -2.70. The van der Waals surface area contributed by atoms with Crippen LogP contribution in [0.2, 0.25) is 0 Å². The van der Waals surface area contributed by atoms with Crippen LogP contribution in [0, 0.1) is 5.82 Å². The van der Waals surface area contributed by atoms with Gasteiger partial charge in [0.05, 0.1) is 12.7 Å². The molecule has 0 aliphatic rings. The van der Waals surface area contributed by atoms with E-state index in [-0.39, 0.29) is 23.6 Å². The summed E-state index contributed by atoms with van der Waals surface area (Å²) in [5.74, 6) is -1.27. The Balaban J connectivity index is 2.28.